The molecule has 0 aliphatic rings. The number of ether oxygens (including phenoxy) is 1. The van der Waals surface area contributed by atoms with E-state index in [1.807, 2.05) is 6.07 Å². The van der Waals surface area contributed by atoms with Gasteiger partial charge in [0, 0.05) is 4.90 Å². The highest BCUT2D eigenvalue weighted by molar-refractivity contribution is 7.99. The molecule has 0 aliphatic heterocycles. The van der Waals surface area contributed by atoms with Gasteiger partial charge in [-0.1, -0.05) is 36.0 Å². The summed E-state index contributed by atoms with van der Waals surface area (Å²) in [7, 11) is 0. The Hall–Kier alpha value is -2.59. The molecule has 0 aromatic heterocycles. The highest BCUT2D eigenvalue weighted by atomic mass is 32.2. The SMILES string of the molecule is N#Cc1ccccc1OCC(=O)Nc1ccccc1SC(F)F. The number of benzene rings is 2. The van der Waals surface area contributed by atoms with Crippen LogP contribution in [-0.4, -0.2) is 18.3 Å². The van der Waals surface area contributed by atoms with Gasteiger partial charge in [0.2, 0.25) is 0 Å². The Morgan fingerprint density at radius 1 is 1.22 bits per heavy atom. The normalized spacial score (nSPS) is 10.2. The van der Waals surface area contributed by atoms with E-state index in [1.54, 1.807) is 36.4 Å². The number of hydrogen-bond donors (Lipinski definition) is 1. The molecule has 0 spiro atoms. The van der Waals surface area contributed by atoms with Crippen LogP contribution >= 0.6 is 11.8 Å². The van der Waals surface area contributed by atoms with Gasteiger partial charge < -0.3 is 10.1 Å². The first kappa shape index (κ1) is 16.8. The number of rotatable bonds is 6. The Labute approximate surface area is 136 Å². The van der Waals surface area contributed by atoms with Crippen molar-refractivity contribution in [1.82, 2.24) is 0 Å². The van der Waals surface area contributed by atoms with Crippen molar-refractivity contribution in [2.75, 3.05) is 11.9 Å². The third kappa shape index (κ3) is 4.97. The van der Waals surface area contributed by atoms with Crippen molar-refractivity contribution in [2.45, 2.75) is 10.7 Å². The van der Waals surface area contributed by atoms with Crippen LogP contribution in [-0.2, 0) is 4.79 Å². The van der Waals surface area contributed by atoms with Crippen LogP contribution in [0, 0.1) is 11.3 Å². The zero-order chi connectivity index (χ0) is 16.7. The number of nitrogens with one attached hydrogen (secondary N) is 1. The summed E-state index contributed by atoms with van der Waals surface area (Å²) in [4.78, 5) is 12.2. The molecule has 2 aromatic rings. The molecule has 2 rings (SSSR count). The Morgan fingerprint density at radius 2 is 1.91 bits per heavy atom. The number of thioether (sulfide) groups is 1. The second-order valence-electron chi connectivity index (χ2n) is 4.32. The van der Waals surface area contributed by atoms with Crippen LogP contribution in [0.3, 0.4) is 0 Å². The van der Waals surface area contributed by atoms with Gasteiger partial charge in [-0.25, -0.2) is 0 Å². The third-order valence-corrected chi connectivity index (χ3v) is 3.53. The molecule has 7 heteroatoms. The molecule has 2 aromatic carbocycles. The topological polar surface area (TPSA) is 62.1 Å². The number of carbonyl (C=O) groups is 1. The number of halogens is 2. The van der Waals surface area contributed by atoms with Crippen LogP contribution in [0.15, 0.2) is 53.4 Å². The van der Waals surface area contributed by atoms with Gasteiger partial charge in [-0.15, -0.1) is 0 Å². The Kier molecular flexibility index (Phi) is 5.94. The summed E-state index contributed by atoms with van der Waals surface area (Å²) in [5.74, 6) is -2.78. The quantitative estimate of drug-likeness (QED) is 0.814. The Balaban J connectivity index is 1.99. The van der Waals surface area contributed by atoms with Gasteiger partial charge >= 0.3 is 0 Å². The van der Waals surface area contributed by atoms with Gasteiger partial charge in [0.1, 0.15) is 11.8 Å². The first-order valence-corrected chi connectivity index (χ1v) is 7.43. The van der Waals surface area contributed by atoms with Crippen LogP contribution in [0.5, 0.6) is 5.75 Å². The average molecular weight is 334 g/mol. The number of nitriles is 1. The predicted molar refractivity (Wildman–Crippen MR) is 83.6 cm³/mol. The van der Waals surface area contributed by atoms with Crippen molar-refractivity contribution in [3.8, 4) is 11.8 Å². The molecule has 0 bridgehead atoms. The fourth-order valence-corrected chi connectivity index (χ4v) is 2.38. The van der Waals surface area contributed by atoms with Gasteiger partial charge in [0.15, 0.2) is 6.61 Å². The van der Waals surface area contributed by atoms with Crippen LogP contribution in [0.2, 0.25) is 0 Å². The summed E-state index contributed by atoms with van der Waals surface area (Å²) in [6, 6.07) is 14.7. The van der Waals surface area contributed by atoms with Crippen LogP contribution in [0.4, 0.5) is 14.5 Å². The van der Waals surface area contributed by atoms with Crippen LogP contribution in [0.25, 0.3) is 0 Å². The van der Waals surface area contributed by atoms with Gasteiger partial charge in [0.25, 0.3) is 11.7 Å². The van der Waals surface area contributed by atoms with E-state index in [0.29, 0.717) is 28.8 Å². The zero-order valence-corrected chi connectivity index (χ0v) is 12.6. The summed E-state index contributed by atoms with van der Waals surface area (Å²) >= 11 is 0.356. The molecule has 0 saturated heterocycles. The first-order valence-electron chi connectivity index (χ1n) is 6.56. The molecular formula is C16H12F2N2O2S. The van der Waals surface area contributed by atoms with Crippen molar-refractivity contribution in [3.05, 3.63) is 54.1 Å². The molecule has 0 atom stereocenters. The largest absolute Gasteiger partial charge is 0.482 e. The van der Waals surface area contributed by atoms with Gasteiger partial charge in [-0.2, -0.15) is 14.0 Å². The monoisotopic (exact) mass is 334 g/mol. The molecule has 0 radical (unpaired) electrons. The number of alkyl halides is 2. The lowest BCUT2D eigenvalue weighted by Crippen LogP contribution is -2.20. The van der Waals surface area contributed by atoms with Crippen molar-refractivity contribution in [1.29, 1.82) is 5.26 Å². The molecule has 1 N–H and O–H groups in total. The average Bonchev–Trinajstić information content (AvgIpc) is 2.54. The minimum Gasteiger partial charge on any atom is -0.482 e. The number of hydrogen-bond acceptors (Lipinski definition) is 4. The van der Waals surface area contributed by atoms with Gasteiger partial charge in [-0.05, 0) is 24.3 Å². The standard InChI is InChI=1S/C16H12F2N2O2S/c17-16(18)23-14-8-4-2-6-12(14)20-15(21)10-22-13-7-3-1-5-11(13)9-19/h1-8,16H,10H2,(H,20,21). The van der Waals surface area contributed by atoms with E-state index in [1.165, 1.54) is 12.1 Å². The van der Waals surface area contributed by atoms with Crippen molar-refractivity contribution in [2.24, 2.45) is 0 Å². The van der Waals surface area contributed by atoms with Crippen molar-refractivity contribution < 1.29 is 18.3 Å². The highest BCUT2D eigenvalue weighted by Crippen LogP contribution is 2.31. The molecule has 0 aliphatic carbocycles. The maximum atomic E-state index is 12.5. The van der Waals surface area contributed by atoms with E-state index < -0.39 is 11.7 Å². The van der Waals surface area contributed by atoms with Crippen molar-refractivity contribution >= 4 is 23.4 Å². The van der Waals surface area contributed by atoms with E-state index >= 15 is 0 Å². The van der Waals surface area contributed by atoms with Crippen molar-refractivity contribution in [3.63, 3.8) is 0 Å². The van der Waals surface area contributed by atoms with E-state index in [0.717, 1.165) is 0 Å². The molecular weight excluding hydrogens is 322 g/mol. The van der Waals surface area contributed by atoms with Gasteiger partial charge in [-0.3, -0.25) is 4.79 Å². The summed E-state index contributed by atoms with van der Waals surface area (Å²) in [6.07, 6.45) is 0. The smallest absolute Gasteiger partial charge is 0.288 e. The lowest BCUT2D eigenvalue weighted by atomic mass is 10.2. The number of para-hydroxylation sites is 2. The fraction of sp³-hybridized carbons (Fsp3) is 0.125. The maximum absolute atomic E-state index is 12.5. The minimum absolute atomic E-state index is 0.272. The number of amides is 1. The van der Waals surface area contributed by atoms with E-state index in [2.05, 4.69) is 5.32 Å². The predicted octanol–water partition coefficient (Wildman–Crippen LogP) is 3.89. The fourth-order valence-electron chi connectivity index (χ4n) is 1.78. The summed E-state index contributed by atoms with van der Waals surface area (Å²) in [6.45, 7) is -0.327. The second kappa shape index (κ2) is 8.15. The molecule has 1 amide bonds. The summed E-state index contributed by atoms with van der Waals surface area (Å²) in [5, 5.41) is 11.5. The molecule has 0 unspecified atom stereocenters. The van der Waals surface area contributed by atoms with E-state index in [4.69, 9.17) is 10.00 Å². The molecule has 4 nitrogen and oxygen atoms in total. The lowest BCUT2D eigenvalue weighted by molar-refractivity contribution is -0.118. The Bertz CT molecular complexity index is 732. The third-order valence-electron chi connectivity index (χ3n) is 2.74. The summed E-state index contributed by atoms with van der Waals surface area (Å²) in [5.41, 5.74) is 0.605. The van der Waals surface area contributed by atoms with Crippen LogP contribution in [0.1, 0.15) is 5.56 Å². The summed E-state index contributed by atoms with van der Waals surface area (Å²) < 4.78 is 30.3. The molecule has 0 fully saturated rings. The van der Waals surface area contributed by atoms with Crippen LogP contribution < -0.4 is 10.1 Å². The minimum atomic E-state index is -2.58. The lowest BCUT2D eigenvalue weighted by Gasteiger charge is -2.11. The molecule has 23 heavy (non-hydrogen) atoms. The molecule has 118 valence electrons. The molecule has 0 saturated carbocycles. The number of carbonyl (C=O) groups excluding carboxylic acids is 1. The molecule has 0 heterocycles. The first-order chi connectivity index (χ1) is 11.1. The second-order valence-corrected chi connectivity index (χ2v) is 5.35. The highest BCUT2D eigenvalue weighted by Gasteiger charge is 2.12. The number of anilines is 1. The Morgan fingerprint density at radius 3 is 2.65 bits per heavy atom. The van der Waals surface area contributed by atoms with Gasteiger partial charge in [0.05, 0.1) is 11.3 Å². The van der Waals surface area contributed by atoms with E-state index in [-0.39, 0.29) is 11.5 Å². The van der Waals surface area contributed by atoms with E-state index in [9.17, 15) is 13.6 Å². The maximum Gasteiger partial charge on any atom is 0.288 e. The zero-order valence-electron chi connectivity index (χ0n) is 11.8. The number of nitrogens with zero attached hydrogens (tertiary/aromatic N) is 1.